The topological polar surface area (TPSA) is 73.9 Å². The van der Waals surface area contributed by atoms with Crippen molar-refractivity contribution in [2.75, 3.05) is 11.4 Å². The highest BCUT2D eigenvalue weighted by Gasteiger charge is 2.32. The van der Waals surface area contributed by atoms with E-state index in [0.717, 1.165) is 0 Å². The summed E-state index contributed by atoms with van der Waals surface area (Å²) in [6.45, 7) is 0.474. The first-order valence-electron chi connectivity index (χ1n) is 6.35. The van der Waals surface area contributed by atoms with Gasteiger partial charge in [0, 0.05) is 29.8 Å². The van der Waals surface area contributed by atoms with Gasteiger partial charge in [-0.15, -0.1) is 0 Å². The third-order valence-corrected chi connectivity index (χ3v) is 3.79. The van der Waals surface area contributed by atoms with Crippen molar-refractivity contribution >= 4 is 34.4 Å². The average molecular weight is 291 g/mol. The third-order valence-electron chi connectivity index (χ3n) is 3.41. The van der Waals surface area contributed by atoms with Crippen molar-refractivity contribution in [3.63, 3.8) is 0 Å². The molecule has 0 saturated carbocycles. The number of rotatable bonds is 2. The molecule has 1 aliphatic carbocycles. The molecule has 2 aliphatic rings. The number of amides is 1. The normalized spacial score (nSPS) is 18.8. The lowest BCUT2D eigenvalue weighted by Gasteiger charge is -2.12. The summed E-state index contributed by atoms with van der Waals surface area (Å²) in [5.41, 5.74) is 0.563. The van der Waals surface area contributed by atoms with Gasteiger partial charge in [-0.05, 0) is 6.42 Å². The Morgan fingerprint density at radius 2 is 2.10 bits per heavy atom. The molecule has 5 nitrogen and oxygen atoms in total. The van der Waals surface area contributed by atoms with Crippen molar-refractivity contribution in [2.45, 2.75) is 19.3 Å². The number of furan rings is 1. The van der Waals surface area contributed by atoms with E-state index in [2.05, 4.69) is 0 Å². The van der Waals surface area contributed by atoms with Crippen LogP contribution in [-0.4, -0.2) is 27.5 Å². The van der Waals surface area contributed by atoms with E-state index >= 15 is 0 Å². The van der Waals surface area contributed by atoms with Gasteiger partial charge in [-0.3, -0.25) is 9.69 Å². The zero-order valence-electron chi connectivity index (χ0n) is 10.6. The predicted molar refractivity (Wildman–Crippen MR) is 78.0 cm³/mol. The Bertz CT molecular complexity index is 656. The SMILES string of the molecule is O=C1CCCN1c1oc(C2=CC=CCC2=S)c(O)c1O. The van der Waals surface area contributed by atoms with Crippen molar-refractivity contribution in [1.82, 2.24) is 0 Å². The van der Waals surface area contributed by atoms with E-state index in [1.165, 1.54) is 4.90 Å². The third kappa shape index (κ3) is 1.92. The van der Waals surface area contributed by atoms with Gasteiger partial charge in [0.2, 0.25) is 23.3 Å². The minimum absolute atomic E-state index is 0.00162. The molecule has 0 unspecified atom stereocenters. The van der Waals surface area contributed by atoms with Crippen LogP contribution in [0.5, 0.6) is 11.5 Å². The fourth-order valence-corrected chi connectivity index (χ4v) is 2.63. The van der Waals surface area contributed by atoms with Crippen LogP contribution in [0.1, 0.15) is 25.0 Å². The van der Waals surface area contributed by atoms with Crippen LogP contribution in [0.2, 0.25) is 0 Å². The van der Waals surface area contributed by atoms with Crippen molar-refractivity contribution in [1.29, 1.82) is 0 Å². The summed E-state index contributed by atoms with van der Waals surface area (Å²) in [4.78, 5) is 13.7. The highest BCUT2D eigenvalue weighted by atomic mass is 32.1. The summed E-state index contributed by atoms with van der Waals surface area (Å²) in [6.07, 6.45) is 7.14. The summed E-state index contributed by atoms with van der Waals surface area (Å²) in [7, 11) is 0. The molecule has 2 N–H and O–H groups in total. The monoisotopic (exact) mass is 291 g/mol. The molecular formula is C14H13NO4S. The summed E-state index contributed by atoms with van der Waals surface area (Å²) >= 11 is 5.23. The minimum atomic E-state index is -0.409. The molecule has 0 atom stereocenters. The molecule has 1 saturated heterocycles. The van der Waals surface area contributed by atoms with Crippen LogP contribution >= 0.6 is 12.2 Å². The standard InChI is InChI=1S/C14H13NO4S/c16-10-6-3-7-15(10)14-12(18)11(17)13(19-14)8-4-1-2-5-9(8)20/h1-2,4,17-18H,3,5-7H2. The molecule has 2 heterocycles. The first kappa shape index (κ1) is 12.9. The maximum Gasteiger partial charge on any atom is 0.249 e. The average Bonchev–Trinajstić information content (AvgIpc) is 2.97. The molecule has 0 aromatic carbocycles. The molecule has 3 rings (SSSR count). The number of aromatic hydroxyl groups is 2. The van der Waals surface area contributed by atoms with Gasteiger partial charge < -0.3 is 14.6 Å². The van der Waals surface area contributed by atoms with E-state index < -0.39 is 5.75 Å². The smallest absolute Gasteiger partial charge is 0.249 e. The van der Waals surface area contributed by atoms with Gasteiger partial charge in [0.25, 0.3) is 0 Å². The van der Waals surface area contributed by atoms with Gasteiger partial charge in [0.05, 0.1) is 0 Å². The van der Waals surface area contributed by atoms with Crippen molar-refractivity contribution in [2.24, 2.45) is 0 Å². The Morgan fingerprint density at radius 3 is 2.75 bits per heavy atom. The lowest BCUT2D eigenvalue weighted by molar-refractivity contribution is -0.117. The first-order valence-corrected chi connectivity index (χ1v) is 6.76. The number of anilines is 1. The Balaban J connectivity index is 2.06. The maximum atomic E-state index is 11.7. The maximum absolute atomic E-state index is 11.7. The fraction of sp³-hybridized carbons (Fsp3) is 0.286. The van der Waals surface area contributed by atoms with Gasteiger partial charge in [0.15, 0.2) is 5.76 Å². The molecule has 1 amide bonds. The Morgan fingerprint density at radius 1 is 1.30 bits per heavy atom. The second-order valence-electron chi connectivity index (χ2n) is 4.72. The Kier molecular flexibility index (Phi) is 3.10. The van der Waals surface area contributed by atoms with Crippen LogP contribution in [0.25, 0.3) is 5.57 Å². The number of hydrogen-bond donors (Lipinski definition) is 2. The van der Waals surface area contributed by atoms with Crippen LogP contribution < -0.4 is 4.90 Å². The van der Waals surface area contributed by atoms with Gasteiger partial charge in [-0.25, -0.2) is 0 Å². The summed E-state index contributed by atoms with van der Waals surface area (Å²) in [6, 6.07) is 0. The summed E-state index contributed by atoms with van der Waals surface area (Å²) in [5.74, 6) is -0.789. The molecule has 0 radical (unpaired) electrons. The van der Waals surface area contributed by atoms with E-state index in [9.17, 15) is 15.0 Å². The van der Waals surface area contributed by atoms with E-state index in [1.807, 2.05) is 12.2 Å². The predicted octanol–water partition coefficient (Wildman–Crippen LogP) is 2.53. The lowest BCUT2D eigenvalue weighted by Crippen LogP contribution is -2.23. The zero-order valence-corrected chi connectivity index (χ0v) is 11.4. The molecule has 0 spiro atoms. The molecule has 0 bridgehead atoms. The molecule has 6 heteroatoms. The molecule has 20 heavy (non-hydrogen) atoms. The molecular weight excluding hydrogens is 278 g/mol. The van der Waals surface area contributed by atoms with Gasteiger partial charge >= 0.3 is 0 Å². The molecule has 1 aromatic rings. The van der Waals surface area contributed by atoms with Crippen molar-refractivity contribution in [3.8, 4) is 11.5 Å². The van der Waals surface area contributed by atoms with Gasteiger partial charge in [-0.2, -0.15) is 0 Å². The minimum Gasteiger partial charge on any atom is -0.502 e. The van der Waals surface area contributed by atoms with Crippen LogP contribution in [0.3, 0.4) is 0 Å². The summed E-state index contributed by atoms with van der Waals surface area (Å²) < 4.78 is 5.52. The second-order valence-corrected chi connectivity index (χ2v) is 5.21. The number of allylic oxidation sites excluding steroid dienone is 4. The van der Waals surface area contributed by atoms with Crippen LogP contribution in [0.15, 0.2) is 22.6 Å². The van der Waals surface area contributed by atoms with E-state index in [4.69, 9.17) is 16.6 Å². The van der Waals surface area contributed by atoms with E-state index in [1.54, 1.807) is 6.08 Å². The molecule has 1 aromatic heterocycles. The van der Waals surface area contributed by atoms with Gasteiger partial charge in [0.1, 0.15) is 0 Å². The number of carbonyl (C=O) groups is 1. The highest BCUT2D eigenvalue weighted by Crippen LogP contribution is 2.46. The number of nitrogens with zero attached hydrogens (tertiary/aromatic N) is 1. The Hall–Kier alpha value is -2.08. The lowest BCUT2D eigenvalue weighted by atomic mass is 10.0. The number of hydrogen-bond acceptors (Lipinski definition) is 5. The quantitative estimate of drug-likeness (QED) is 0.819. The van der Waals surface area contributed by atoms with Crippen molar-refractivity contribution < 1.29 is 19.4 Å². The largest absolute Gasteiger partial charge is 0.502 e. The summed E-state index contributed by atoms with van der Waals surface area (Å²) in [5, 5.41) is 20.0. The van der Waals surface area contributed by atoms with E-state index in [0.29, 0.717) is 36.2 Å². The van der Waals surface area contributed by atoms with Crippen LogP contribution in [0, 0.1) is 0 Å². The Labute approximate surface area is 120 Å². The molecule has 1 aliphatic heterocycles. The van der Waals surface area contributed by atoms with Crippen molar-refractivity contribution in [3.05, 3.63) is 24.0 Å². The van der Waals surface area contributed by atoms with E-state index in [-0.39, 0.29) is 23.3 Å². The first-order chi connectivity index (χ1) is 9.59. The molecule has 1 fully saturated rings. The number of carbonyl (C=O) groups excluding carboxylic acids is 1. The fourth-order valence-electron chi connectivity index (χ4n) is 2.38. The number of thiocarbonyl (C=S) groups is 1. The van der Waals surface area contributed by atoms with Crippen LogP contribution in [0.4, 0.5) is 5.88 Å². The highest BCUT2D eigenvalue weighted by molar-refractivity contribution is 7.81. The van der Waals surface area contributed by atoms with Crippen LogP contribution in [-0.2, 0) is 4.79 Å². The zero-order chi connectivity index (χ0) is 14.3. The molecule has 104 valence electrons. The second kappa shape index (κ2) is 4.79. The van der Waals surface area contributed by atoms with Gasteiger partial charge in [-0.1, -0.05) is 30.4 Å².